The number of likely N-dealkylation sites (N-methyl/N-ethyl adjacent to an activating group) is 1. The van der Waals surface area contributed by atoms with Gasteiger partial charge in [-0.15, -0.1) is 11.3 Å². The van der Waals surface area contributed by atoms with Crippen LogP contribution in [0.1, 0.15) is 24.6 Å². The SMILES string of the molecule is CCN(CCO)C(=O)NCC1CCN(Cc2cccs2)CC1. The predicted molar refractivity (Wildman–Crippen MR) is 90.1 cm³/mol. The van der Waals surface area contributed by atoms with E-state index in [1.165, 1.54) is 4.88 Å². The Morgan fingerprint density at radius 3 is 2.86 bits per heavy atom. The molecule has 0 radical (unpaired) electrons. The number of aliphatic hydroxyl groups is 1. The average molecular weight is 325 g/mol. The van der Waals surface area contributed by atoms with Crippen molar-refractivity contribution in [3.05, 3.63) is 22.4 Å². The zero-order valence-electron chi connectivity index (χ0n) is 13.3. The van der Waals surface area contributed by atoms with Crippen LogP contribution in [0, 0.1) is 5.92 Å². The lowest BCUT2D eigenvalue weighted by molar-refractivity contribution is 0.163. The number of amides is 2. The van der Waals surface area contributed by atoms with E-state index >= 15 is 0 Å². The summed E-state index contributed by atoms with van der Waals surface area (Å²) in [7, 11) is 0. The molecule has 2 rings (SSSR count). The first-order valence-electron chi connectivity index (χ1n) is 8.11. The van der Waals surface area contributed by atoms with E-state index in [0.29, 0.717) is 19.0 Å². The van der Waals surface area contributed by atoms with Gasteiger partial charge in [-0.1, -0.05) is 6.07 Å². The van der Waals surface area contributed by atoms with Crippen LogP contribution < -0.4 is 5.32 Å². The Balaban J connectivity index is 1.65. The number of nitrogens with zero attached hydrogens (tertiary/aromatic N) is 2. The van der Waals surface area contributed by atoms with Crippen LogP contribution in [0.2, 0.25) is 0 Å². The van der Waals surface area contributed by atoms with E-state index in [2.05, 4.69) is 27.7 Å². The molecule has 2 N–H and O–H groups in total. The van der Waals surface area contributed by atoms with Crippen molar-refractivity contribution in [2.24, 2.45) is 5.92 Å². The van der Waals surface area contributed by atoms with Gasteiger partial charge in [-0.25, -0.2) is 4.79 Å². The smallest absolute Gasteiger partial charge is 0.317 e. The summed E-state index contributed by atoms with van der Waals surface area (Å²) in [5.74, 6) is 0.566. The molecule has 5 nitrogen and oxygen atoms in total. The summed E-state index contributed by atoms with van der Waals surface area (Å²) in [4.78, 5) is 17.5. The third-order valence-corrected chi connectivity index (χ3v) is 5.11. The summed E-state index contributed by atoms with van der Waals surface area (Å²) in [5, 5.41) is 14.1. The summed E-state index contributed by atoms with van der Waals surface area (Å²) < 4.78 is 0. The van der Waals surface area contributed by atoms with E-state index in [0.717, 1.165) is 39.0 Å². The fourth-order valence-corrected chi connectivity index (χ4v) is 3.59. The molecule has 0 bridgehead atoms. The first-order valence-corrected chi connectivity index (χ1v) is 8.99. The molecule has 1 aliphatic heterocycles. The van der Waals surface area contributed by atoms with Gasteiger partial charge in [-0.2, -0.15) is 0 Å². The highest BCUT2D eigenvalue weighted by molar-refractivity contribution is 7.09. The van der Waals surface area contributed by atoms with Crippen molar-refractivity contribution < 1.29 is 9.90 Å². The molecule has 0 saturated carbocycles. The Labute approximate surface area is 136 Å². The minimum absolute atomic E-state index is 0.0162. The third kappa shape index (κ3) is 5.26. The number of carbonyl (C=O) groups is 1. The lowest BCUT2D eigenvalue weighted by Crippen LogP contribution is -2.44. The number of hydrogen-bond acceptors (Lipinski definition) is 4. The van der Waals surface area contributed by atoms with Gasteiger partial charge in [-0.05, 0) is 50.2 Å². The van der Waals surface area contributed by atoms with Crippen LogP contribution in [-0.2, 0) is 6.54 Å². The highest BCUT2D eigenvalue weighted by Crippen LogP contribution is 2.20. The van der Waals surface area contributed by atoms with Crippen molar-refractivity contribution in [1.82, 2.24) is 15.1 Å². The van der Waals surface area contributed by atoms with Gasteiger partial charge in [0.15, 0.2) is 0 Å². The summed E-state index contributed by atoms with van der Waals surface area (Å²) in [6.45, 7) is 6.98. The van der Waals surface area contributed by atoms with Crippen LogP contribution >= 0.6 is 11.3 Å². The Kier molecular flexibility index (Phi) is 7.15. The van der Waals surface area contributed by atoms with Crippen molar-refractivity contribution in [3.63, 3.8) is 0 Å². The number of hydrogen-bond donors (Lipinski definition) is 2. The fraction of sp³-hybridized carbons (Fsp3) is 0.688. The molecule has 1 fully saturated rings. The largest absolute Gasteiger partial charge is 0.395 e. The van der Waals surface area contributed by atoms with Gasteiger partial charge >= 0.3 is 6.03 Å². The van der Waals surface area contributed by atoms with E-state index in [4.69, 9.17) is 5.11 Å². The average Bonchev–Trinajstić information content (AvgIpc) is 3.04. The van der Waals surface area contributed by atoms with E-state index in [-0.39, 0.29) is 12.6 Å². The standard InChI is InChI=1S/C16H27N3O2S/c1-2-19(9-10-20)16(21)17-12-14-5-7-18(8-6-14)13-15-4-3-11-22-15/h3-4,11,14,20H,2,5-10,12-13H2,1H3,(H,17,21). The molecule has 0 unspecified atom stereocenters. The number of carbonyl (C=O) groups excluding carboxylic acids is 1. The molecule has 1 saturated heterocycles. The van der Waals surface area contributed by atoms with Gasteiger partial charge in [0, 0.05) is 31.1 Å². The zero-order chi connectivity index (χ0) is 15.8. The van der Waals surface area contributed by atoms with Crippen molar-refractivity contribution >= 4 is 17.4 Å². The molecular formula is C16H27N3O2S. The zero-order valence-corrected chi connectivity index (χ0v) is 14.1. The lowest BCUT2D eigenvalue weighted by atomic mass is 9.97. The quantitative estimate of drug-likeness (QED) is 0.806. The molecule has 124 valence electrons. The molecule has 0 spiro atoms. The van der Waals surface area contributed by atoms with Gasteiger partial charge in [0.1, 0.15) is 0 Å². The summed E-state index contributed by atoms with van der Waals surface area (Å²) in [6.07, 6.45) is 2.27. The van der Waals surface area contributed by atoms with Gasteiger partial charge in [0.05, 0.1) is 6.61 Å². The van der Waals surface area contributed by atoms with Crippen LogP contribution in [0.15, 0.2) is 17.5 Å². The van der Waals surface area contributed by atoms with Gasteiger partial charge in [0.25, 0.3) is 0 Å². The first kappa shape index (κ1) is 17.2. The number of piperidine rings is 1. The van der Waals surface area contributed by atoms with Gasteiger partial charge in [-0.3, -0.25) is 4.90 Å². The second-order valence-electron chi connectivity index (χ2n) is 5.79. The number of urea groups is 1. The summed E-state index contributed by atoms with van der Waals surface area (Å²) >= 11 is 1.82. The number of aliphatic hydroxyl groups excluding tert-OH is 1. The molecule has 22 heavy (non-hydrogen) atoms. The molecule has 2 amide bonds. The van der Waals surface area contributed by atoms with Crippen molar-refractivity contribution in [1.29, 1.82) is 0 Å². The highest BCUT2D eigenvalue weighted by Gasteiger charge is 2.20. The van der Waals surface area contributed by atoms with E-state index in [1.807, 2.05) is 18.3 Å². The van der Waals surface area contributed by atoms with Gasteiger partial charge < -0.3 is 15.3 Å². The molecule has 0 aromatic carbocycles. The Hall–Kier alpha value is -1.11. The molecule has 1 aromatic rings. The molecule has 1 aliphatic rings. The molecule has 2 heterocycles. The number of rotatable bonds is 7. The third-order valence-electron chi connectivity index (χ3n) is 4.25. The maximum absolute atomic E-state index is 12.0. The van der Waals surface area contributed by atoms with Crippen LogP contribution in [0.25, 0.3) is 0 Å². The summed E-state index contributed by atoms with van der Waals surface area (Å²) in [6, 6.07) is 4.24. The Morgan fingerprint density at radius 2 is 2.27 bits per heavy atom. The normalized spacial score (nSPS) is 16.6. The molecular weight excluding hydrogens is 298 g/mol. The molecule has 0 aliphatic carbocycles. The lowest BCUT2D eigenvalue weighted by Gasteiger charge is -2.32. The second-order valence-corrected chi connectivity index (χ2v) is 6.82. The predicted octanol–water partition coefficient (Wildman–Crippen LogP) is 1.98. The van der Waals surface area contributed by atoms with Crippen LogP contribution in [0.4, 0.5) is 4.79 Å². The van der Waals surface area contributed by atoms with Crippen molar-refractivity contribution in [2.75, 3.05) is 39.3 Å². The molecule has 0 atom stereocenters. The maximum atomic E-state index is 12.0. The summed E-state index contributed by atoms with van der Waals surface area (Å²) in [5.41, 5.74) is 0. The second kappa shape index (κ2) is 9.12. The van der Waals surface area contributed by atoms with E-state index in [1.54, 1.807) is 4.90 Å². The highest BCUT2D eigenvalue weighted by atomic mass is 32.1. The minimum Gasteiger partial charge on any atom is -0.395 e. The van der Waals surface area contributed by atoms with Gasteiger partial charge in [0.2, 0.25) is 0 Å². The number of thiophene rings is 1. The van der Waals surface area contributed by atoms with E-state index < -0.39 is 0 Å². The van der Waals surface area contributed by atoms with Crippen molar-refractivity contribution in [3.8, 4) is 0 Å². The van der Waals surface area contributed by atoms with E-state index in [9.17, 15) is 4.79 Å². The van der Waals surface area contributed by atoms with Crippen LogP contribution in [0.5, 0.6) is 0 Å². The monoisotopic (exact) mass is 325 g/mol. The Bertz CT molecular complexity index is 431. The first-order chi connectivity index (χ1) is 10.7. The van der Waals surface area contributed by atoms with Crippen LogP contribution in [-0.4, -0.2) is 60.3 Å². The molecule has 1 aromatic heterocycles. The maximum Gasteiger partial charge on any atom is 0.317 e. The molecule has 6 heteroatoms. The minimum atomic E-state index is -0.0578. The number of nitrogens with one attached hydrogen (secondary N) is 1. The Morgan fingerprint density at radius 1 is 1.50 bits per heavy atom. The van der Waals surface area contributed by atoms with Crippen molar-refractivity contribution in [2.45, 2.75) is 26.3 Å². The van der Waals surface area contributed by atoms with Crippen LogP contribution in [0.3, 0.4) is 0 Å². The fourth-order valence-electron chi connectivity index (χ4n) is 2.84. The topological polar surface area (TPSA) is 55.8 Å². The number of likely N-dealkylation sites (tertiary alicyclic amines) is 1.